The highest BCUT2D eigenvalue weighted by atomic mass is 79.9. The zero-order valence-corrected chi connectivity index (χ0v) is 23.6. The van der Waals surface area contributed by atoms with Crippen LogP contribution in [0.25, 0.3) is 6.08 Å². The molecular formula is C28H22BrClFN3O6. The Kier molecular flexibility index (Phi) is 8.86. The molecule has 0 aromatic heterocycles. The molecule has 12 heteroatoms. The predicted octanol–water partition coefficient (Wildman–Crippen LogP) is 5.63. The number of nitrogens with zero attached hydrogens (tertiary/aromatic N) is 1. The highest BCUT2D eigenvalue weighted by Crippen LogP contribution is 2.38. The number of imide groups is 2. The highest BCUT2D eigenvalue weighted by molar-refractivity contribution is 9.10. The first kappa shape index (κ1) is 28.8. The lowest BCUT2D eigenvalue weighted by Crippen LogP contribution is -2.54. The molecule has 0 radical (unpaired) electrons. The molecule has 1 fully saturated rings. The molecule has 0 unspecified atom stereocenters. The van der Waals surface area contributed by atoms with Crippen molar-refractivity contribution in [2.24, 2.45) is 0 Å². The Bertz CT molecular complexity index is 1540. The number of amides is 5. The molecule has 0 atom stereocenters. The summed E-state index contributed by atoms with van der Waals surface area (Å²) in [4.78, 5) is 51.8. The fraction of sp³-hybridized carbons (Fsp3) is 0.143. The number of carbonyl (C=O) groups is 4. The average Bonchev–Trinajstić information content (AvgIpc) is 2.89. The summed E-state index contributed by atoms with van der Waals surface area (Å²) in [5, 5.41) is 5.09. The monoisotopic (exact) mass is 629 g/mol. The normalized spacial score (nSPS) is 14.3. The third-order valence-corrected chi connectivity index (χ3v) is 6.46. The van der Waals surface area contributed by atoms with Gasteiger partial charge in [-0.15, -0.1) is 0 Å². The van der Waals surface area contributed by atoms with Crippen LogP contribution in [0.1, 0.15) is 18.1 Å². The van der Waals surface area contributed by atoms with E-state index in [0.717, 1.165) is 4.90 Å². The van der Waals surface area contributed by atoms with E-state index in [1.54, 1.807) is 32.0 Å². The summed E-state index contributed by atoms with van der Waals surface area (Å²) in [6.45, 7) is 3.32. The molecule has 1 aliphatic rings. The first-order valence-corrected chi connectivity index (χ1v) is 13.1. The second-order valence-corrected chi connectivity index (χ2v) is 9.79. The van der Waals surface area contributed by atoms with Crippen molar-refractivity contribution in [2.45, 2.75) is 13.8 Å². The van der Waals surface area contributed by atoms with Crippen LogP contribution in [0.3, 0.4) is 0 Å². The standard InChI is InChI=1S/C28H22BrClFN3O6/c1-3-39-23-12-16(11-21(29)25(23)40-14-24(35)32-19-8-6-18(31)7-9-19)10-20-26(36)33-28(38)34(27(20)37)22-13-17(30)5-4-15(22)2/h4-13H,3,14H2,1-2H3,(H,32,35)(H,33,36,38)/b20-10+. The lowest BCUT2D eigenvalue weighted by Gasteiger charge is -2.27. The van der Waals surface area contributed by atoms with Gasteiger partial charge in [0, 0.05) is 10.7 Å². The number of carbonyl (C=O) groups excluding carboxylic acids is 4. The number of anilines is 2. The van der Waals surface area contributed by atoms with Gasteiger partial charge in [0.15, 0.2) is 18.1 Å². The zero-order chi connectivity index (χ0) is 29.0. The quantitative estimate of drug-likeness (QED) is 0.246. The molecular weight excluding hydrogens is 609 g/mol. The Morgan fingerprint density at radius 3 is 2.52 bits per heavy atom. The number of rotatable bonds is 8. The minimum absolute atomic E-state index is 0.212. The Morgan fingerprint density at radius 1 is 1.10 bits per heavy atom. The molecule has 0 spiro atoms. The van der Waals surface area contributed by atoms with E-state index in [9.17, 15) is 23.6 Å². The van der Waals surface area contributed by atoms with E-state index < -0.39 is 29.6 Å². The number of hydrogen-bond acceptors (Lipinski definition) is 6. The largest absolute Gasteiger partial charge is 0.490 e. The van der Waals surface area contributed by atoms with Crippen LogP contribution in [-0.4, -0.2) is 37.0 Å². The Labute approximate surface area is 242 Å². The van der Waals surface area contributed by atoms with E-state index >= 15 is 0 Å². The van der Waals surface area contributed by atoms with Gasteiger partial charge in [-0.25, -0.2) is 14.1 Å². The Hall–Kier alpha value is -4.22. The Balaban J connectivity index is 1.60. The van der Waals surface area contributed by atoms with Crippen molar-refractivity contribution in [2.75, 3.05) is 23.4 Å². The van der Waals surface area contributed by atoms with Crippen molar-refractivity contribution < 1.29 is 33.0 Å². The number of barbiturate groups is 1. The summed E-state index contributed by atoms with van der Waals surface area (Å²) >= 11 is 9.47. The van der Waals surface area contributed by atoms with Crippen LogP contribution in [0.4, 0.5) is 20.6 Å². The highest BCUT2D eigenvalue weighted by Gasteiger charge is 2.37. The summed E-state index contributed by atoms with van der Waals surface area (Å²) in [5.74, 6) is -2.16. The maximum atomic E-state index is 13.3. The molecule has 9 nitrogen and oxygen atoms in total. The van der Waals surface area contributed by atoms with Crippen LogP contribution in [0.2, 0.25) is 5.02 Å². The van der Waals surface area contributed by atoms with Crippen molar-refractivity contribution in [3.8, 4) is 11.5 Å². The molecule has 0 aliphatic carbocycles. The summed E-state index contributed by atoms with van der Waals surface area (Å²) < 4.78 is 24.8. The number of benzene rings is 3. The van der Waals surface area contributed by atoms with Gasteiger partial charge in [0.1, 0.15) is 11.4 Å². The van der Waals surface area contributed by atoms with E-state index in [0.29, 0.717) is 26.3 Å². The van der Waals surface area contributed by atoms with E-state index in [4.69, 9.17) is 21.1 Å². The molecule has 40 heavy (non-hydrogen) atoms. The van der Waals surface area contributed by atoms with Gasteiger partial charge in [-0.2, -0.15) is 0 Å². The summed E-state index contributed by atoms with van der Waals surface area (Å²) in [6.07, 6.45) is 1.31. The third-order valence-electron chi connectivity index (χ3n) is 5.63. The third kappa shape index (κ3) is 6.49. The van der Waals surface area contributed by atoms with Crippen molar-refractivity contribution in [3.63, 3.8) is 0 Å². The fourth-order valence-corrected chi connectivity index (χ4v) is 4.55. The second-order valence-electron chi connectivity index (χ2n) is 8.50. The molecule has 3 aromatic carbocycles. The minimum Gasteiger partial charge on any atom is -0.490 e. The van der Waals surface area contributed by atoms with Crippen LogP contribution >= 0.6 is 27.5 Å². The number of urea groups is 1. The van der Waals surface area contributed by atoms with Gasteiger partial charge in [0.25, 0.3) is 17.7 Å². The lowest BCUT2D eigenvalue weighted by atomic mass is 10.1. The summed E-state index contributed by atoms with van der Waals surface area (Å²) in [5.41, 5.74) is 1.34. The zero-order valence-electron chi connectivity index (χ0n) is 21.2. The van der Waals surface area contributed by atoms with E-state index in [1.807, 2.05) is 0 Å². The molecule has 0 bridgehead atoms. The molecule has 1 heterocycles. The van der Waals surface area contributed by atoms with Crippen molar-refractivity contribution in [3.05, 3.63) is 86.6 Å². The average molecular weight is 631 g/mol. The van der Waals surface area contributed by atoms with Gasteiger partial charge in [-0.3, -0.25) is 19.7 Å². The van der Waals surface area contributed by atoms with Crippen molar-refractivity contribution in [1.82, 2.24) is 5.32 Å². The van der Waals surface area contributed by atoms with Gasteiger partial charge in [0.2, 0.25) is 0 Å². The molecule has 1 aliphatic heterocycles. The molecule has 4 rings (SSSR count). The van der Waals surface area contributed by atoms with Gasteiger partial charge in [0.05, 0.1) is 16.8 Å². The molecule has 1 saturated heterocycles. The maximum Gasteiger partial charge on any atom is 0.335 e. The number of nitrogens with one attached hydrogen (secondary N) is 2. The number of halogens is 3. The van der Waals surface area contributed by atoms with E-state index in [1.165, 1.54) is 42.5 Å². The van der Waals surface area contributed by atoms with Crippen LogP contribution in [0.5, 0.6) is 11.5 Å². The molecule has 5 amide bonds. The SMILES string of the molecule is CCOc1cc(/C=C2\C(=O)NC(=O)N(c3cc(Cl)ccc3C)C2=O)cc(Br)c1OCC(=O)Nc1ccc(F)cc1. The van der Waals surface area contributed by atoms with Crippen LogP contribution in [0.15, 0.2) is 64.6 Å². The van der Waals surface area contributed by atoms with Gasteiger partial charge < -0.3 is 14.8 Å². The minimum atomic E-state index is -0.892. The van der Waals surface area contributed by atoms with Gasteiger partial charge >= 0.3 is 6.03 Å². The number of ether oxygens (including phenoxy) is 2. The van der Waals surface area contributed by atoms with Crippen LogP contribution in [-0.2, 0) is 14.4 Å². The number of aryl methyl sites for hydroxylation is 1. The smallest absolute Gasteiger partial charge is 0.335 e. The Morgan fingerprint density at radius 2 is 1.82 bits per heavy atom. The van der Waals surface area contributed by atoms with Crippen molar-refractivity contribution >= 4 is 68.7 Å². The maximum absolute atomic E-state index is 13.3. The van der Waals surface area contributed by atoms with E-state index in [-0.39, 0.29) is 36.0 Å². The molecule has 3 aromatic rings. The summed E-state index contributed by atoms with van der Waals surface area (Å²) in [6, 6.07) is 12.2. The fourth-order valence-electron chi connectivity index (χ4n) is 3.81. The molecule has 206 valence electrons. The molecule has 2 N–H and O–H groups in total. The second kappa shape index (κ2) is 12.3. The summed E-state index contributed by atoms with van der Waals surface area (Å²) in [7, 11) is 0. The van der Waals surface area contributed by atoms with Crippen LogP contribution < -0.4 is 25.0 Å². The number of hydrogen-bond donors (Lipinski definition) is 2. The van der Waals surface area contributed by atoms with Gasteiger partial charge in [-0.1, -0.05) is 17.7 Å². The first-order chi connectivity index (χ1) is 19.1. The van der Waals surface area contributed by atoms with Gasteiger partial charge in [-0.05, 0) is 95.5 Å². The van der Waals surface area contributed by atoms with Crippen molar-refractivity contribution in [1.29, 1.82) is 0 Å². The van der Waals surface area contributed by atoms with E-state index in [2.05, 4.69) is 26.6 Å². The predicted molar refractivity (Wildman–Crippen MR) is 151 cm³/mol. The lowest BCUT2D eigenvalue weighted by molar-refractivity contribution is -0.122. The van der Waals surface area contributed by atoms with Crippen LogP contribution in [0, 0.1) is 12.7 Å². The first-order valence-electron chi connectivity index (χ1n) is 11.9. The molecule has 0 saturated carbocycles. The topological polar surface area (TPSA) is 114 Å².